The number of hydrogen-bond donors (Lipinski definition) is 2. The van der Waals surface area contributed by atoms with E-state index in [2.05, 4.69) is 15.5 Å². The Hall–Kier alpha value is -2.10. The molecule has 0 aliphatic carbocycles. The van der Waals surface area contributed by atoms with Crippen LogP contribution in [0.4, 0.5) is 5.69 Å². The molecular formula is C12H13N3O. The molecule has 4 nitrogen and oxygen atoms in total. The molecule has 2 N–H and O–H groups in total. The smallest absolute Gasteiger partial charge is 0.204 e. The SMILES string of the molecule is CC1(N=Nc2ccccc2)NC=CC=C1O. The van der Waals surface area contributed by atoms with Crippen LogP contribution in [0.3, 0.4) is 0 Å². The van der Waals surface area contributed by atoms with Gasteiger partial charge in [-0.2, -0.15) is 10.2 Å². The zero-order valence-electron chi connectivity index (χ0n) is 8.96. The predicted molar refractivity (Wildman–Crippen MR) is 62.4 cm³/mol. The van der Waals surface area contributed by atoms with Gasteiger partial charge in [0, 0.05) is 0 Å². The second-order valence-corrected chi connectivity index (χ2v) is 3.66. The summed E-state index contributed by atoms with van der Waals surface area (Å²) in [5.74, 6) is 0.148. The third-order valence-corrected chi connectivity index (χ3v) is 2.34. The van der Waals surface area contributed by atoms with Crippen LogP contribution in [0, 0.1) is 0 Å². The van der Waals surface area contributed by atoms with Gasteiger partial charge in [0.1, 0.15) is 5.76 Å². The summed E-state index contributed by atoms with van der Waals surface area (Å²) in [7, 11) is 0. The van der Waals surface area contributed by atoms with E-state index in [4.69, 9.17) is 0 Å². The average Bonchev–Trinajstić information content (AvgIpc) is 2.32. The number of aliphatic hydroxyl groups is 1. The Bertz CT molecular complexity index is 451. The predicted octanol–water partition coefficient (Wildman–Crippen LogP) is 3.05. The molecule has 1 aliphatic heterocycles. The fourth-order valence-electron chi connectivity index (χ4n) is 1.32. The quantitative estimate of drug-likeness (QED) is 0.745. The number of nitrogens with zero attached hydrogens (tertiary/aromatic N) is 2. The van der Waals surface area contributed by atoms with Crippen LogP contribution >= 0.6 is 0 Å². The van der Waals surface area contributed by atoms with E-state index < -0.39 is 5.66 Å². The number of benzene rings is 1. The molecule has 1 atom stereocenters. The monoisotopic (exact) mass is 215 g/mol. The van der Waals surface area contributed by atoms with Gasteiger partial charge in [-0.15, -0.1) is 0 Å². The van der Waals surface area contributed by atoms with E-state index in [1.165, 1.54) is 0 Å². The molecule has 0 amide bonds. The number of nitrogens with one attached hydrogen (secondary N) is 1. The van der Waals surface area contributed by atoms with E-state index in [1.807, 2.05) is 30.3 Å². The van der Waals surface area contributed by atoms with Gasteiger partial charge in [0.2, 0.25) is 5.66 Å². The standard InChI is InChI=1S/C12H13N3O/c1-12(11(16)8-5-9-13-12)15-14-10-6-3-2-4-7-10/h2-9,13,16H,1H3. The van der Waals surface area contributed by atoms with Crippen LogP contribution in [0.25, 0.3) is 0 Å². The molecule has 1 unspecified atom stereocenters. The highest BCUT2D eigenvalue weighted by molar-refractivity contribution is 5.35. The van der Waals surface area contributed by atoms with Crippen molar-refractivity contribution < 1.29 is 5.11 Å². The summed E-state index contributed by atoms with van der Waals surface area (Å²) in [4.78, 5) is 0. The molecule has 1 aromatic carbocycles. The Morgan fingerprint density at radius 3 is 2.69 bits per heavy atom. The van der Waals surface area contributed by atoms with Crippen LogP contribution in [-0.4, -0.2) is 10.8 Å². The van der Waals surface area contributed by atoms with Gasteiger partial charge in [-0.3, -0.25) is 0 Å². The van der Waals surface area contributed by atoms with Crippen LogP contribution in [0.15, 0.2) is 64.7 Å². The molecule has 0 fully saturated rings. The lowest BCUT2D eigenvalue weighted by atomic mass is 10.1. The maximum absolute atomic E-state index is 9.70. The summed E-state index contributed by atoms with van der Waals surface area (Å²) in [5.41, 5.74) is -0.113. The molecule has 16 heavy (non-hydrogen) atoms. The lowest BCUT2D eigenvalue weighted by Crippen LogP contribution is -2.40. The Balaban J connectivity index is 2.19. The minimum Gasteiger partial charge on any atom is -0.508 e. The molecule has 1 aliphatic rings. The first kappa shape index (κ1) is 10.4. The number of hydrogen-bond acceptors (Lipinski definition) is 4. The van der Waals surface area contributed by atoms with Crippen molar-refractivity contribution in [3.8, 4) is 0 Å². The van der Waals surface area contributed by atoms with E-state index in [0.29, 0.717) is 0 Å². The molecule has 2 rings (SSSR count). The van der Waals surface area contributed by atoms with Crippen LogP contribution in [0.5, 0.6) is 0 Å². The van der Waals surface area contributed by atoms with Crippen molar-refractivity contribution >= 4 is 5.69 Å². The van der Waals surface area contributed by atoms with Crippen molar-refractivity contribution in [2.75, 3.05) is 0 Å². The molecule has 0 radical (unpaired) electrons. The first-order valence-electron chi connectivity index (χ1n) is 5.03. The number of rotatable bonds is 2. The Labute approximate surface area is 94.0 Å². The van der Waals surface area contributed by atoms with Gasteiger partial charge in [-0.05, 0) is 37.4 Å². The lowest BCUT2D eigenvalue weighted by molar-refractivity contribution is 0.279. The fourth-order valence-corrected chi connectivity index (χ4v) is 1.32. The van der Waals surface area contributed by atoms with Gasteiger partial charge >= 0.3 is 0 Å². The van der Waals surface area contributed by atoms with Crippen molar-refractivity contribution in [2.24, 2.45) is 10.2 Å². The van der Waals surface area contributed by atoms with Crippen LogP contribution in [-0.2, 0) is 0 Å². The number of allylic oxidation sites excluding steroid dienone is 2. The normalized spacial score (nSPS) is 24.2. The highest BCUT2D eigenvalue weighted by Gasteiger charge is 2.28. The number of azo groups is 1. The Morgan fingerprint density at radius 1 is 1.25 bits per heavy atom. The van der Waals surface area contributed by atoms with Gasteiger partial charge in [0.15, 0.2) is 0 Å². The minimum absolute atomic E-state index is 0.148. The molecule has 0 saturated carbocycles. The second kappa shape index (κ2) is 4.18. The molecule has 0 aromatic heterocycles. The zero-order chi connectivity index (χ0) is 11.4. The summed E-state index contributed by atoms with van der Waals surface area (Å²) >= 11 is 0. The average molecular weight is 215 g/mol. The van der Waals surface area contributed by atoms with E-state index in [0.717, 1.165) is 5.69 Å². The van der Waals surface area contributed by atoms with Gasteiger partial charge in [0.05, 0.1) is 5.69 Å². The van der Waals surface area contributed by atoms with Gasteiger partial charge in [-0.1, -0.05) is 18.2 Å². The van der Waals surface area contributed by atoms with Crippen molar-refractivity contribution in [3.63, 3.8) is 0 Å². The second-order valence-electron chi connectivity index (χ2n) is 3.66. The van der Waals surface area contributed by atoms with Crippen LogP contribution in [0.1, 0.15) is 6.92 Å². The highest BCUT2D eigenvalue weighted by atomic mass is 16.3. The molecule has 1 aromatic rings. The van der Waals surface area contributed by atoms with Crippen molar-refractivity contribution in [1.82, 2.24) is 5.32 Å². The highest BCUT2D eigenvalue weighted by Crippen LogP contribution is 2.22. The minimum atomic E-state index is -0.870. The summed E-state index contributed by atoms with van der Waals surface area (Å²) in [5, 5.41) is 20.8. The van der Waals surface area contributed by atoms with Crippen molar-refractivity contribution in [1.29, 1.82) is 0 Å². The van der Waals surface area contributed by atoms with E-state index in [9.17, 15) is 5.11 Å². The molecule has 0 spiro atoms. The number of aliphatic hydroxyl groups excluding tert-OH is 1. The summed E-state index contributed by atoms with van der Waals surface area (Å²) in [6, 6.07) is 9.40. The molecule has 0 bridgehead atoms. The molecule has 0 saturated heterocycles. The van der Waals surface area contributed by atoms with Gasteiger partial charge in [-0.25, -0.2) is 0 Å². The van der Waals surface area contributed by atoms with Crippen LogP contribution < -0.4 is 5.32 Å². The largest absolute Gasteiger partial charge is 0.508 e. The topological polar surface area (TPSA) is 57.0 Å². The lowest BCUT2D eigenvalue weighted by Gasteiger charge is -2.25. The Kier molecular flexibility index (Phi) is 2.72. The third-order valence-electron chi connectivity index (χ3n) is 2.34. The van der Waals surface area contributed by atoms with Gasteiger partial charge in [0.25, 0.3) is 0 Å². The van der Waals surface area contributed by atoms with Gasteiger partial charge < -0.3 is 10.4 Å². The zero-order valence-corrected chi connectivity index (χ0v) is 8.96. The van der Waals surface area contributed by atoms with Crippen LogP contribution in [0.2, 0.25) is 0 Å². The summed E-state index contributed by atoms with van der Waals surface area (Å²) in [6.07, 6.45) is 5.04. The molecular weight excluding hydrogens is 202 g/mol. The number of dihydropyridines is 1. The summed E-state index contributed by atoms with van der Waals surface area (Å²) < 4.78 is 0. The third kappa shape index (κ3) is 2.11. The van der Waals surface area contributed by atoms with E-state index >= 15 is 0 Å². The fraction of sp³-hybridized carbons (Fsp3) is 0.167. The summed E-state index contributed by atoms with van der Waals surface area (Å²) in [6.45, 7) is 1.76. The van der Waals surface area contributed by atoms with E-state index in [-0.39, 0.29) is 5.76 Å². The van der Waals surface area contributed by atoms with E-state index in [1.54, 1.807) is 25.3 Å². The molecule has 82 valence electrons. The Morgan fingerprint density at radius 2 is 2.00 bits per heavy atom. The maximum Gasteiger partial charge on any atom is 0.204 e. The molecule has 1 heterocycles. The first-order chi connectivity index (χ1) is 7.71. The first-order valence-corrected chi connectivity index (χ1v) is 5.03. The maximum atomic E-state index is 9.70. The molecule has 4 heteroatoms. The van der Waals surface area contributed by atoms with Crippen molar-refractivity contribution in [3.05, 3.63) is 54.4 Å². The van der Waals surface area contributed by atoms with Crippen molar-refractivity contribution in [2.45, 2.75) is 12.6 Å².